The predicted molar refractivity (Wildman–Crippen MR) is 72.8 cm³/mol. The summed E-state index contributed by atoms with van der Waals surface area (Å²) in [5.41, 5.74) is -0.561. The molecule has 0 aliphatic heterocycles. The van der Waals surface area contributed by atoms with Crippen molar-refractivity contribution in [3.63, 3.8) is 0 Å². The van der Waals surface area contributed by atoms with Crippen molar-refractivity contribution in [3.8, 4) is 0 Å². The highest BCUT2D eigenvalue weighted by atomic mass is 16.6. The molecule has 6 heteroatoms. The fourth-order valence-corrected chi connectivity index (χ4v) is 2.78. The molecule has 0 amide bonds. The van der Waals surface area contributed by atoms with Gasteiger partial charge in [-0.2, -0.15) is 0 Å². The normalized spacial score (nSPS) is 23.6. The van der Waals surface area contributed by atoms with Crippen molar-refractivity contribution >= 4 is 12.3 Å². The van der Waals surface area contributed by atoms with E-state index in [2.05, 4.69) is 4.74 Å². The quantitative estimate of drug-likeness (QED) is 0.309. The van der Waals surface area contributed by atoms with Crippen LogP contribution in [0, 0.1) is 16.0 Å². The van der Waals surface area contributed by atoms with Crippen LogP contribution in [0.15, 0.2) is 11.6 Å². The third-order valence-corrected chi connectivity index (χ3v) is 3.89. The molecular weight excluding hydrogens is 262 g/mol. The first-order valence-electron chi connectivity index (χ1n) is 6.79. The Bertz CT molecular complexity index is 418. The number of aldehydes is 1. The van der Waals surface area contributed by atoms with E-state index in [1.165, 1.54) is 7.11 Å². The van der Waals surface area contributed by atoms with Gasteiger partial charge < -0.3 is 4.74 Å². The Labute approximate surface area is 118 Å². The van der Waals surface area contributed by atoms with Crippen LogP contribution in [0.2, 0.25) is 0 Å². The molecule has 0 aromatic rings. The van der Waals surface area contributed by atoms with Crippen molar-refractivity contribution in [3.05, 3.63) is 21.8 Å². The molecular formula is C14H21NO5. The molecule has 0 aromatic heterocycles. The number of carbonyl (C=O) groups excluding carboxylic acids is 2. The lowest BCUT2D eigenvalue weighted by atomic mass is 9.76. The summed E-state index contributed by atoms with van der Waals surface area (Å²) < 4.78 is 4.57. The topological polar surface area (TPSA) is 86.5 Å². The highest BCUT2D eigenvalue weighted by Crippen LogP contribution is 2.36. The van der Waals surface area contributed by atoms with E-state index in [9.17, 15) is 19.7 Å². The number of hydrogen-bond donors (Lipinski definition) is 0. The van der Waals surface area contributed by atoms with Crippen LogP contribution in [-0.2, 0) is 14.3 Å². The van der Waals surface area contributed by atoms with Gasteiger partial charge in [0.2, 0.25) is 5.54 Å². The summed E-state index contributed by atoms with van der Waals surface area (Å²) in [6.45, 7) is 1.90. The van der Waals surface area contributed by atoms with Crippen LogP contribution in [0.4, 0.5) is 0 Å². The summed E-state index contributed by atoms with van der Waals surface area (Å²) in [4.78, 5) is 33.2. The molecule has 0 bridgehead atoms. The molecule has 0 saturated carbocycles. The molecule has 1 rings (SSSR count). The molecule has 6 nitrogen and oxygen atoms in total. The van der Waals surface area contributed by atoms with Crippen molar-refractivity contribution in [2.24, 2.45) is 5.92 Å². The zero-order chi connectivity index (χ0) is 15.2. The molecule has 1 aliphatic rings. The summed E-state index contributed by atoms with van der Waals surface area (Å²) in [6, 6.07) is 0. The van der Waals surface area contributed by atoms with E-state index in [4.69, 9.17) is 0 Å². The van der Waals surface area contributed by atoms with Crippen LogP contribution in [-0.4, -0.2) is 29.8 Å². The van der Waals surface area contributed by atoms with Gasteiger partial charge in [-0.05, 0) is 24.3 Å². The Morgan fingerprint density at radius 3 is 2.90 bits per heavy atom. The molecule has 2 unspecified atom stereocenters. The zero-order valence-electron chi connectivity index (χ0n) is 12.0. The maximum Gasteiger partial charge on any atom is 0.305 e. The lowest BCUT2D eigenvalue weighted by Crippen LogP contribution is -2.42. The fourth-order valence-electron chi connectivity index (χ4n) is 2.78. The fraction of sp³-hybridized carbons (Fsp3) is 0.714. The summed E-state index contributed by atoms with van der Waals surface area (Å²) in [5.74, 6) is -0.269. The number of carbonyl (C=O) groups is 2. The molecule has 0 N–H and O–H groups in total. The number of hydrogen-bond acceptors (Lipinski definition) is 5. The van der Waals surface area contributed by atoms with Crippen molar-refractivity contribution in [1.82, 2.24) is 0 Å². The van der Waals surface area contributed by atoms with Gasteiger partial charge in [0.1, 0.15) is 6.29 Å². The average molecular weight is 283 g/mol. The molecule has 0 radical (unpaired) electrons. The van der Waals surface area contributed by atoms with E-state index in [0.717, 1.165) is 0 Å². The van der Waals surface area contributed by atoms with Crippen LogP contribution in [0.25, 0.3) is 0 Å². The number of nitro groups is 1. The number of ether oxygens (including phenoxy) is 1. The summed E-state index contributed by atoms with van der Waals surface area (Å²) >= 11 is 0. The van der Waals surface area contributed by atoms with Gasteiger partial charge >= 0.3 is 5.97 Å². The Balaban J connectivity index is 2.68. The summed E-state index contributed by atoms with van der Waals surface area (Å²) in [7, 11) is 1.33. The van der Waals surface area contributed by atoms with Crippen LogP contribution in [0.5, 0.6) is 0 Å². The third kappa shape index (κ3) is 4.15. The molecule has 1 aliphatic carbocycles. The van der Waals surface area contributed by atoms with Gasteiger partial charge in [0, 0.05) is 30.6 Å². The van der Waals surface area contributed by atoms with Gasteiger partial charge in [-0.3, -0.25) is 19.7 Å². The highest BCUT2D eigenvalue weighted by Gasteiger charge is 2.45. The average Bonchev–Trinajstić information content (AvgIpc) is 2.44. The van der Waals surface area contributed by atoms with Crippen LogP contribution in [0.1, 0.15) is 45.4 Å². The second-order valence-corrected chi connectivity index (χ2v) is 5.52. The number of nitrogens with zero attached hydrogens (tertiary/aromatic N) is 1. The maximum atomic E-state index is 11.4. The number of methoxy groups -OCH3 is 1. The lowest BCUT2D eigenvalue weighted by molar-refractivity contribution is -0.574. The van der Waals surface area contributed by atoms with E-state index in [1.807, 2.05) is 6.92 Å². The second kappa shape index (κ2) is 7.17. The molecule has 0 heterocycles. The van der Waals surface area contributed by atoms with Gasteiger partial charge in [-0.25, -0.2) is 0 Å². The van der Waals surface area contributed by atoms with Crippen LogP contribution in [0.3, 0.4) is 0 Å². The largest absolute Gasteiger partial charge is 0.469 e. The number of allylic oxidation sites excluding steroid dienone is 1. The van der Waals surface area contributed by atoms with Gasteiger partial charge in [0.05, 0.1) is 7.11 Å². The molecule has 0 fully saturated rings. The minimum atomic E-state index is -1.07. The predicted octanol–water partition coefficient (Wildman–Crippen LogP) is 2.29. The monoisotopic (exact) mass is 283 g/mol. The third-order valence-electron chi connectivity index (χ3n) is 3.89. The van der Waals surface area contributed by atoms with Gasteiger partial charge in [0.15, 0.2) is 0 Å². The lowest BCUT2D eigenvalue weighted by Gasteiger charge is -2.30. The van der Waals surface area contributed by atoms with Gasteiger partial charge in [-0.1, -0.05) is 13.0 Å². The molecule has 0 saturated heterocycles. The van der Waals surface area contributed by atoms with E-state index < -0.39 is 5.54 Å². The maximum absolute atomic E-state index is 11.4. The van der Waals surface area contributed by atoms with E-state index in [0.29, 0.717) is 37.5 Å². The van der Waals surface area contributed by atoms with Crippen molar-refractivity contribution in [2.75, 3.05) is 7.11 Å². The van der Waals surface area contributed by atoms with Crippen molar-refractivity contribution in [2.45, 2.75) is 51.0 Å². The Kier molecular flexibility index (Phi) is 5.85. The first-order valence-corrected chi connectivity index (χ1v) is 6.79. The number of rotatable bonds is 7. The van der Waals surface area contributed by atoms with Crippen molar-refractivity contribution in [1.29, 1.82) is 0 Å². The van der Waals surface area contributed by atoms with Crippen LogP contribution >= 0.6 is 0 Å². The van der Waals surface area contributed by atoms with Crippen molar-refractivity contribution < 1.29 is 19.2 Å². The Morgan fingerprint density at radius 1 is 1.65 bits per heavy atom. The SMILES string of the molecule is COC(=O)CCC(C)CC1([N+](=O)[O-])CCC=C(C=O)C1. The number of esters is 1. The second-order valence-electron chi connectivity index (χ2n) is 5.52. The van der Waals surface area contributed by atoms with Gasteiger partial charge in [0.25, 0.3) is 0 Å². The van der Waals surface area contributed by atoms with Gasteiger partial charge in [-0.15, -0.1) is 0 Å². The van der Waals surface area contributed by atoms with E-state index >= 15 is 0 Å². The molecule has 0 aromatic carbocycles. The van der Waals surface area contributed by atoms with E-state index in [1.54, 1.807) is 6.08 Å². The summed E-state index contributed by atoms with van der Waals surface area (Å²) in [6.07, 6.45) is 4.86. The smallest absolute Gasteiger partial charge is 0.305 e. The molecule has 2 atom stereocenters. The summed E-state index contributed by atoms with van der Waals surface area (Å²) in [5, 5.41) is 11.4. The van der Waals surface area contributed by atoms with Crippen LogP contribution < -0.4 is 0 Å². The first-order chi connectivity index (χ1) is 9.43. The molecule has 112 valence electrons. The molecule has 20 heavy (non-hydrogen) atoms. The minimum absolute atomic E-state index is 0.0329. The first kappa shape index (κ1) is 16.3. The zero-order valence-corrected chi connectivity index (χ0v) is 12.0. The minimum Gasteiger partial charge on any atom is -0.469 e. The Hall–Kier alpha value is -1.72. The van der Waals surface area contributed by atoms with E-state index in [-0.39, 0.29) is 29.7 Å². The highest BCUT2D eigenvalue weighted by molar-refractivity contribution is 5.73. The Morgan fingerprint density at radius 2 is 2.35 bits per heavy atom. The molecule has 0 spiro atoms. The standard InChI is InChI=1S/C14H21NO5/c1-11(5-6-13(17)20-2)8-14(15(18)19)7-3-4-12(9-14)10-16/h4,10-11H,3,5-9H2,1-2H3.